The van der Waals surface area contributed by atoms with Crippen LogP contribution in [-0.2, 0) is 14.8 Å². The number of aryl methyl sites for hydroxylation is 3. The summed E-state index contributed by atoms with van der Waals surface area (Å²) in [5, 5.41) is 14.8. The molecular weight excluding hydrogens is 489 g/mol. The highest BCUT2D eigenvalue weighted by Gasteiger charge is 2.21. The van der Waals surface area contributed by atoms with Crippen molar-refractivity contribution in [1.29, 1.82) is 0 Å². The van der Waals surface area contributed by atoms with E-state index in [0.29, 0.717) is 24.5 Å². The van der Waals surface area contributed by atoms with Gasteiger partial charge in [0.15, 0.2) is 0 Å². The minimum absolute atomic E-state index is 0.112. The van der Waals surface area contributed by atoms with E-state index in [1.807, 2.05) is 26.8 Å². The molecule has 0 amide bonds. The van der Waals surface area contributed by atoms with Crippen LogP contribution in [0.3, 0.4) is 0 Å². The van der Waals surface area contributed by atoms with E-state index >= 15 is 0 Å². The molecule has 186 valence electrons. The average molecular weight is 517 g/mol. The molecule has 35 heavy (non-hydrogen) atoms. The molecule has 0 atom stereocenters. The molecule has 0 unspecified atom stereocenters. The average Bonchev–Trinajstić information content (AvgIpc) is 3.26. The van der Waals surface area contributed by atoms with Gasteiger partial charge in [-0.1, -0.05) is 12.1 Å². The summed E-state index contributed by atoms with van der Waals surface area (Å²) in [6, 6.07) is 7.19. The highest BCUT2D eigenvalue weighted by atomic mass is 32.2. The standard InChI is InChI=1S/C25H28FN3O4S2/c1-15-5-6-19(14-20(15)26)35(31,32)28-21-7-12-34-24(21)25(30)27-22-16(2)13-17(3)23(18(22)4)29-8-10-33-11-9-29/h5-7,12-14,28H,8-11H2,1-4H3,(H,27,30)/p-1. The molecule has 1 aromatic heterocycles. The van der Waals surface area contributed by atoms with Crippen molar-refractivity contribution >= 4 is 44.3 Å². The number of thiophene rings is 1. The molecule has 0 bridgehead atoms. The second kappa shape index (κ2) is 9.96. The van der Waals surface area contributed by atoms with Crippen molar-refractivity contribution in [2.24, 2.45) is 4.99 Å². The molecule has 0 radical (unpaired) electrons. The molecular formula is C25H27FN3O4S2-. The summed E-state index contributed by atoms with van der Waals surface area (Å²) in [7, 11) is -4.09. The zero-order valence-corrected chi connectivity index (χ0v) is 21.6. The summed E-state index contributed by atoms with van der Waals surface area (Å²) in [5.74, 6) is -1.17. The first kappa shape index (κ1) is 25.2. The molecule has 1 saturated heterocycles. The minimum atomic E-state index is -4.09. The predicted octanol–water partition coefficient (Wildman–Crippen LogP) is 4.20. The summed E-state index contributed by atoms with van der Waals surface area (Å²) in [6.45, 7) is 10.2. The van der Waals surface area contributed by atoms with Crippen LogP contribution in [0.1, 0.15) is 27.1 Å². The van der Waals surface area contributed by atoms with Crippen molar-refractivity contribution < 1.29 is 22.7 Å². The van der Waals surface area contributed by atoms with Crippen molar-refractivity contribution in [3.8, 4) is 0 Å². The number of sulfonamides is 1. The number of anilines is 2. The number of hydrogen-bond donors (Lipinski definition) is 1. The summed E-state index contributed by atoms with van der Waals surface area (Å²) in [5.41, 5.74) is 4.92. The predicted molar refractivity (Wildman–Crippen MR) is 136 cm³/mol. The maximum absolute atomic E-state index is 13.9. The van der Waals surface area contributed by atoms with Crippen LogP contribution < -0.4 is 14.7 Å². The van der Waals surface area contributed by atoms with Crippen molar-refractivity contribution in [2.75, 3.05) is 35.9 Å². The lowest BCUT2D eigenvalue weighted by molar-refractivity contribution is -0.212. The van der Waals surface area contributed by atoms with Crippen LogP contribution in [0.4, 0.5) is 21.5 Å². The number of aliphatic imine (C=N–C) groups is 1. The van der Waals surface area contributed by atoms with Gasteiger partial charge in [-0.05, 0) is 73.5 Å². The van der Waals surface area contributed by atoms with E-state index < -0.39 is 21.7 Å². The monoisotopic (exact) mass is 516 g/mol. The largest absolute Gasteiger partial charge is 0.858 e. The number of halogens is 1. The Morgan fingerprint density at radius 3 is 2.49 bits per heavy atom. The van der Waals surface area contributed by atoms with E-state index in [9.17, 15) is 17.9 Å². The minimum Gasteiger partial charge on any atom is -0.858 e. The van der Waals surface area contributed by atoms with Gasteiger partial charge in [0.2, 0.25) is 0 Å². The maximum Gasteiger partial charge on any atom is 0.262 e. The van der Waals surface area contributed by atoms with E-state index in [1.54, 1.807) is 12.3 Å². The number of benzene rings is 2. The van der Waals surface area contributed by atoms with Crippen LogP contribution in [0.15, 0.2) is 45.6 Å². The lowest BCUT2D eigenvalue weighted by Gasteiger charge is -2.32. The third kappa shape index (κ3) is 5.19. The summed E-state index contributed by atoms with van der Waals surface area (Å²) in [4.78, 5) is 6.58. The Morgan fingerprint density at radius 2 is 1.80 bits per heavy atom. The Balaban J connectivity index is 1.68. The molecule has 4 rings (SSSR count). The number of morpholine rings is 1. The fourth-order valence-corrected chi connectivity index (χ4v) is 6.14. The second-order valence-electron chi connectivity index (χ2n) is 8.53. The number of nitrogens with zero attached hydrogens (tertiary/aromatic N) is 2. The molecule has 2 aromatic carbocycles. The van der Waals surface area contributed by atoms with Crippen LogP contribution in [0.5, 0.6) is 0 Å². The Hall–Kier alpha value is -2.95. The topological polar surface area (TPSA) is 94.1 Å². The van der Waals surface area contributed by atoms with Crippen molar-refractivity contribution in [1.82, 2.24) is 0 Å². The fraction of sp³-hybridized carbons (Fsp3) is 0.320. The maximum atomic E-state index is 13.9. The summed E-state index contributed by atoms with van der Waals surface area (Å²) >= 11 is 1.09. The molecule has 10 heteroatoms. The van der Waals surface area contributed by atoms with E-state index in [1.165, 1.54) is 18.2 Å². The van der Waals surface area contributed by atoms with Gasteiger partial charge in [-0.2, -0.15) is 0 Å². The molecule has 0 aliphatic carbocycles. The summed E-state index contributed by atoms with van der Waals surface area (Å²) in [6.07, 6.45) is 0. The van der Waals surface area contributed by atoms with Gasteiger partial charge < -0.3 is 14.7 Å². The van der Waals surface area contributed by atoms with Crippen molar-refractivity contribution in [2.45, 2.75) is 32.6 Å². The van der Waals surface area contributed by atoms with Gasteiger partial charge in [-0.25, -0.2) is 12.8 Å². The van der Waals surface area contributed by atoms with E-state index in [-0.39, 0.29) is 15.5 Å². The smallest absolute Gasteiger partial charge is 0.262 e. The molecule has 0 saturated carbocycles. The third-order valence-electron chi connectivity index (χ3n) is 5.99. The fourth-order valence-electron chi connectivity index (χ4n) is 4.26. The number of rotatable bonds is 6. The number of hydrogen-bond acceptors (Lipinski definition) is 7. The SMILES string of the molecule is Cc1ccc(S(=O)(=O)Nc2ccsc2C([O-])=Nc2c(C)cc(C)c(N3CCOCC3)c2C)cc1F. The Morgan fingerprint density at radius 1 is 1.09 bits per heavy atom. The molecule has 7 nitrogen and oxygen atoms in total. The molecule has 2 heterocycles. The Labute approximate surface area is 209 Å². The highest BCUT2D eigenvalue weighted by Crippen LogP contribution is 2.36. The van der Waals surface area contributed by atoms with Gasteiger partial charge in [-0.15, -0.1) is 11.3 Å². The van der Waals surface area contributed by atoms with Crippen molar-refractivity contribution in [3.63, 3.8) is 0 Å². The van der Waals surface area contributed by atoms with Crippen LogP contribution in [0.2, 0.25) is 0 Å². The van der Waals surface area contributed by atoms with E-state index in [0.717, 1.165) is 52.9 Å². The van der Waals surface area contributed by atoms with Crippen molar-refractivity contribution in [3.05, 3.63) is 68.7 Å². The van der Waals surface area contributed by atoms with E-state index in [2.05, 4.69) is 14.6 Å². The van der Waals surface area contributed by atoms with Crippen LogP contribution in [-0.4, -0.2) is 40.6 Å². The van der Waals surface area contributed by atoms with Gasteiger partial charge in [0.25, 0.3) is 10.0 Å². The quantitative estimate of drug-likeness (QED) is 0.392. The van der Waals surface area contributed by atoms with Gasteiger partial charge >= 0.3 is 0 Å². The first-order valence-electron chi connectivity index (χ1n) is 11.1. The van der Waals surface area contributed by atoms with Crippen LogP contribution in [0.25, 0.3) is 0 Å². The Kier molecular flexibility index (Phi) is 7.16. The van der Waals surface area contributed by atoms with Gasteiger partial charge in [-0.3, -0.25) is 9.71 Å². The zero-order valence-electron chi connectivity index (χ0n) is 20.0. The molecule has 1 aliphatic rings. The summed E-state index contributed by atoms with van der Waals surface area (Å²) < 4.78 is 47.5. The first-order chi connectivity index (χ1) is 16.6. The van der Waals surface area contributed by atoms with Gasteiger partial charge in [0.1, 0.15) is 5.82 Å². The van der Waals surface area contributed by atoms with Crippen LogP contribution in [0, 0.1) is 33.5 Å². The zero-order chi connectivity index (χ0) is 25.3. The first-order valence-corrected chi connectivity index (χ1v) is 13.5. The molecule has 0 spiro atoms. The van der Waals surface area contributed by atoms with Gasteiger partial charge in [0, 0.05) is 24.7 Å². The van der Waals surface area contributed by atoms with E-state index in [4.69, 9.17) is 4.74 Å². The number of ether oxygens (including phenoxy) is 1. The molecule has 1 fully saturated rings. The Bertz CT molecular complexity index is 1390. The normalized spacial score (nSPS) is 14.9. The molecule has 1 aliphatic heterocycles. The van der Waals surface area contributed by atoms with Crippen LogP contribution >= 0.6 is 11.3 Å². The lowest BCUT2D eigenvalue weighted by atomic mass is 10.0. The molecule has 3 aromatic rings. The second-order valence-corrected chi connectivity index (χ2v) is 11.1. The highest BCUT2D eigenvalue weighted by molar-refractivity contribution is 7.92. The van der Waals surface area contributed by atoms with Gasteiger partial charge in [0.05, 0.1) is 34.4 Å². The molecule has 1 N–H and O–H groups in total. The number of nitrogens with one attached hydrogen (secondary N) is 1. The third-order valence-corrected chi connectivity index (χ3v) is 8.25. The lowest BCUT2D eigenvalue weighted by Crippen LogP contribution is -2.37.